The molecular weight excluding hydrogens is 350 g/mol. The molecule has 2 saturated heterocycles. The molecule has 1 N–H and O–H groups in total. The Bertz CT molecular complexity index is 853. The minimum Gasteiger partial charge on any atom is -0.380 e. The molecule has 3 aliphatic rings. The number of aromatic amines is 1. The van der Waals surface area contributed by atoms with E-state index in [4.69, 9.17) is 9.47 Å². The smallest absolute Gasteiger partial charge is 0.328 e. The van der Waals surface area contributed by atoms with Gasteiger partial charge in [0.1, 0.15) is 6.54 Å². The lowest BCUT2D eigenvalue weighted by atomic mass is 9.65. The molecule has 4 heterocycles. The van der Waals surface area contributed by atoms with E-state index in [-0.39, 0.29) is 23.9 Å². The fourth-order valence-electron chi connectivity index (χ4n) is 4.79. The Kier molecular flexibility index (Phi) is 5.01. The van der Waals surface area contributed by atoms with Gasteiger partial charge in [0.05, 0.1) is 19.8 Å². The van der Waals surface area contributed by atoms with E-state index in [9.17, 15) is 14.4 Å². The highest BCUT2D eigenvalue weighted by molar-refractivity contribution is 5.76. The number of amides is 1. The first-order valence-electron chi connectivity index (χ1n) is 9.54. The normalized spacial score (nSPS) is 28.4. The van der Waals surface area contributed by atoms with Gasteiger partial charge in [-0.2, -0.15) is 0 Å². The first-order valence-corrected chi connectivity index (χ1v) is 9.54. The number of carbonyl (C=O) groups is 1. The Balaban J connectivity index is 1.60. The number of hydrogen-bond acceptors (Lipinski definition) is 5. The third kappa shape index (κ3) is 3.39. The molecule has 8 nitrogen and oxygen atoms in total. The number of aromatic nitrogens is 2. The number of carbonyl (C=O) groups excluding carboxylic acids is 1. The van der Waals surface area contributed by atoms with Gasteiger partial charge in [-0.05, 0) is 25.7 Å². The summed E-state index contributed by atoms with van der Waals surface area (Å²) in [6, 6.07) is 1.34. The SMILES string of the molecule is O=C(Cn1ccc(=O)[nH]c1=O)N1CCC[C@@]2(C3=CCOCC3)COCC[C@H]12. The second-order valence-electron chi connectivity index (χ2n) is 7.50. The molecular formula is C19H25N3O5. The molecule has 0 aromatic carbocycles. The van der Waals surface area contributed by atoms with Gasteiger partial charge in [-0.15, -0.1) is 0 Å². The summed E-state index contributed by atoms with van der Waals surface area (Å²) in [6.07, 6.45) is 7.12. The van der Waals surface area contributed by atoms with E-state index in [0.717, 1.165) is 25.7 Å². The van der Waals surface area contributed by atoms with Crippen molar-refractivity contribution in [1.82, 2.24) is 14.5 Å². The molecule has 2 fully saturated rings. The third-order valence-electron chi connectivity index (χ3n) is 6.06. The highest BCUT2D eigenvalue weighted by atomic mass is 16.5. The van der Waals surface area contributed by atoms with Crippen molar-refractivity contribution in [2.75, 3.05) is 33.0 Å². The van der Waals surface area contributed by atoms with Gasteiger partial charge in [-0.1, -0.05) is 11.6 Å². The maximum Gasteiger partial charge on any atom is 0.328 e. The summed E-state index contributed by atoms with van der Waals surface area (Å²) < 4.78 is 12.6. The molecule has 0 unspecified atom stereocenters. The fraction of sp³-hybridized carbons (Fsp3) is 0.632. The van der Waals surface area contributed by atoms with Crippen molar-refractivity contribution in [3.05, 3.63) is 44.8 Å². The van der Waals surface area contributed by atoms with Gasteiger partial charge < -0.3 is 14.4 Å². The summed E-state index contributed by atoms with van der Waals surface area (Å²) in [7, 11) is 0. The van der Waals surface area contributed by atoms with Gasteiger partial charge in [0.15, 0.2) is 0 Å². The average Bonchev–Trinajstić information content (AvgIpc) is 2.70. The zero-order valence-corrected chi connectivity index (χ0v) is 15.3. The van der Waals surface area contributed by atoms with Gasteiger partial charge in [0.25, 0.3) is 5.56 Å². The summed E-state index contributed by atoms with van der Waals surface area (Å²) in [5, 5.41) is 0. The van der Waals surface area contributed by atoms with Crippen LogP contribution in [0.25, 0.3) is 0 Å². The Morgan fingerprint density at radius 2 is 2.19 bits per heavy atom. The van der Waals surface area contributed by atoms with Gasteiger partial charge in [-0.25, -0.2) is 4.79 Å². The second-order valence-corrected chi connectivity index (χ2v) is 7.50. The molecule has 0 aliphatic carbocycles. The van der Waals surface area contributed by atoms with Crippen LogP contribution in [0.2, 0.25) is 0 Å². The molecule has 0 bridgehead atoms. The molecule has 2 atom stereocenters. The van der Waals surface area contributed by atoms with Crippen LogP contribution < -0.4 is 11.2 Å². The number of fused-ring (bicyclic) bond motifs is 1. The highest BCUT2D eigenvalue weighted by Gasteiger charge is 2.50. The maximum absolute atomic E-state index is 13.1. The highest BCUT2D eigenvalue weighted by Crippen LogP contribution is 2.47. The maximum atomic E-state index is 13.1. The van der Waals surface area contributed by atoms with E-state index in [1.54, 1.807) is 0 Å². The number of rotatable bonds is 3. The van der Waals surface area contributed by atoms with Crippen LogP contribution in [-0.2, 0) is 20.8 Å². The standard InChI is InChI=1S/C19H25N3O5/c23-16-2-8-21(18(25)20-16)12-17(24)22-7-1-6-19(13-27-11-5-15(19)22)14-3-9-26-10-4-14/h2-3,8,15H,1,4-7,9-13H2,(H,20,23,25)/t15-,19-/m0/s1. The first kappa shape index (κ1) is 18.2. The average molecular weight is 375 g/mol. The number of H-pyrrole nitrogens is 1. The van der Waals surface area contributed by atoms with Crippen LogP contribution in [0.3, 0.4) is 0 Å². The monoisotopic (exact) mass is 375 g/mol. The second kappa shape index (κ2) is 7.44. The molecule has 8 heteroatoms. The minimum atomic E-state index is -0.557. The van der Waals surface area contributed by atoms with E-state index < -0.39 is 11.2 Å². The van der Waals surface area contributed by atoms with Crippen LogP contribution >= 0.6 is 0 Å². The number of nitrogens with one attached hydrogen (secondary N) is 1. The molecule has 1 aromatic heterocycles. The predicted molar refractivity (Wildman–Crippen MR) is 97.4 cm³/mol. The van der Waals surface area contributed by atoms with Crippen LogP contribution in [0.1, 0.15) is 25.7 Å². The lowest BCUT2D eigenvalue weighted by molar-refractivity contribution is -0.147. The topological polar surface area (TPSA) is 93.6 Å². The first-order chi connectivity index (χ1) is 13.1. The van der Waals surface area contributed by atoms with E-state index >= 15 is 0 Å². The Hall–Kier alpha value is -2.19. The number of nitrogens with zero attached hydrogens (tertiary/aromatic N) is 2. The van der Waals surface area contributed by atoms with Gasteiger partial charge in [0.2, 0.25) is 5.91 Å². The summed E-state index contributed by atoms with van der Waals surface area (Å²) in [5.41, 5.74) is 0.179. The Morgan fingerprint density at radius 3 is 2.96 bits per heavy atom. The van der Waals surface area contributed by atoms with Crippen LogP contribution in [0.4, 0.5) is 0 Å². The van der Waals surface area contributed by atoms with Crippen LogP contribution in [0, 0.1) is 5.41 Å². The van der Waals surface area contributed by atoms with Crippen LogP contribution in [0.5, 0.6) is 0 Å². The zero-order valence-electron chi connectivity index (χ0n) is 15.3. The van der Waals surface area contributed by atoms with Crippen molar-refractivity contribution in [3.8, 4) is 0 Å². The van der Waals surface area contributed by atoms with Gasteiger partial charge >= 0.3 is 5.69 Å². The van der Waals surface area contributed by atoms with E-state index in [0.29, 0.717) is 33.0 Å². The summed E-state index contributed by atoms with van der Waals surface area (Å²) in [4.78, 5) is 40.4. The van der Waals surface area contributed by atoms with Crippen molar-refractivity contribution in [2.24, 2.45) is 5.41 Å². The number of ether oxygens (including phenoxy) is 2. The van der Waals surface area contributed by atoms with Crippen molar-refractivity contribution < 1.29 is 14.3 Å². The molecule has 0 saturated carbocycles. The summed E-state index contributed by atoms with van der Waals surface area (Å²) in [5.74, 6) is -0.0900. The predicted octanol–water partition coefficient (Wildman–Crippen LogP) is 0.281. The number of piperidine rings is 1. The molecule has 0 radical (unpaired) electrons. The minimum absolute atomic E-state index is 0.0643. The lowest BCUT2D eigenvalue weighted by Gasteiger charge is -2.54. The Labute approximate surface area is 156 Å². The molecule has 4 rings (SSSR count). The molecule has 1 amide bonds. The Morgan fingerprint density at radius 1 is 1.30 bits per heavy atom. The van der Waals surface area contributed by atoms with Crippen LogP contribution in [-0.4, -0.2) is 59.4 Å². The van der Waals surface area contributed by atoms with Crippen molar-refractivity contribution >= 4 is 5.91 Å². The zero-order chi connectivity index (χ0) is 18.9. The lowest BCUT2D eigenvalue weighted by Crippen LogP contribution is -2.60. The van der Waals surface area contributed by atoms with Crippen molar-refractivity contribution in [2.45, 2.75) is 38.3 Å². The number of hydrogen-bond donors (Lipinski definition) is 1. The molecule has 146 valence electrons. The summed E-state index contributed by atoms with van der Waals surface area (Å²) in [6.45, 7) is 3.22. The molecule has 3 aliphatic heterocycles. The van der Waals surface area contributed by atoms with Gasteiger partial charge in [-0.3, -0.25) is 19.1 Å². The van der Waals surface area contributed by atoms with E-state index in [1.807, 2.05) is 4.90 Å². The molecule has 27 heavy (non-hydrogen) atoms. The number of likely N-dealkylation sites (tertiary alicyclic amines) is 1. The molecule has 0 spiro atoms. The van der Waals surface area contributed by atoms with E-state index in [1.165, 1.54) is 22.4 Å². The fourth-order valence-corrected chi connectivity index (χ4v) is 4.79. The van der Waals surface area contributed by atoms with Crippen molar-refractivity contribution in [3.63, 3.8) is 0 Å². The quantitative estimate of drug-likeness (QED) is 0.766. The molecule has 1 aromatic rings. The van der Waals surface area contributed by atoms with E-state index in [2.05, 4.69) is 11.1 Å². The largest absolute Gasteiger partial charge is 0.380 e. The summed E-state index contributed by atoms with van der Waals surface area (Å²) >= 11 is 0. The third-order valence-corrected chi connectivity index (χ3v) is 6.06. The van der Waals surface area contributed by atoms with Gasteiger partial charge in [0, 0.05) is 36.9 Å². The van der Waals surface area contributed by atoms with Crippen LogP contribution in [0.15, 0.2) is 33.5 Å². The van der Waals surface area contributed by atoms with Crippen molar-refractivity contribution in [1.29, 1.82) is 0 Å².